The Labute approximate surface area is 119 Å². The minimum atomic E-state index is 0.141. The molecule has 4 heteroatoms. The Kier molecular flexibility index (Phi) is 5.65. The van der Waals surface area contributed by atoms with E-state index in [0.717, 1.165) is 25.6 Å². The number of nitrogens with two attached hydrogens (primary N) is 1. The second-order valence-corrected chi connectivity index (χ2v) is 7.05. The molecule has 0 radical (unpaired) electrons. The number of rotatable bonds is 7. The molecule has 2 N–H and O–H groups in total. The minimum absolute atomic E-state index is 0.141. The van der Waals surface area contributed by atoms with Gasteiger partial charge in [-0.25, -0.2) is 0 Å². The fourth-order valence-electron chi connectivity index (χ4n) is 3.25. The minimum Gasteiger partial charge on any atom is -0.370 e. The van der Waals surface area contributed by atoms with Gasteiger partial charge in [-0.2, -0.15) is 0 Å². The Hall–Kier alpha value is -0.770. The quantitative estimate of drug-likeness (QED) is 0.768. The van der Waals surface area contributed by atoms with Crippen molar-refractivity contribution < 1.29 is 0 Å². The lowest BCUT2D eigenvalue weighted by Crippen LogP contribution is -2.54. The monoisotopic (exact) mass is 268 g/mol. The van der Waals surface area contributed by atoms with Crippen molar-refractivity contribution in [3.8, 4) is 0 Å². The van der Waals surface area contributed by atoms with E-state index in [1.54, 1.807) is 0 Å². The predicted octanol–water partition coefficient (Wildman–Crippen LogP) is 2.01. The molecule has 1 rings (SSSR count). The highest BCUT2D eigenvalue weighted by molar-refractivity contribution is 5.81. The van der Waals surface area contributed by atoms with Gasteiger partial charge in [-0.3, -0.25) is 4.99 Å². The first kappa shape index (κ1) is 16.3. The number of likely N-dealkylation sites (N-methyl/N-ethyl adjacent to an activating group) is 1. The van der Waals surface area contributed by atoms with Crippen molar-refractivity contribution in [1.82, 2.24) is 9.80 Å². The first-order chi connectivity index (χ1) is 8.77. The Bertz CT molecular complexity index is 297. The van der Waals surface area contributed by atoms with Gasteiger partial charge in [-0.1, -0.05) is 27.7 Å². The zero-order chi connectivity index (χ0) is 14.6. The molecule has 0 bridgehead atoms. The molecular formula is C15H32N4. The second kappa shape index (κ2) is 6.60. The summed E-state index contributed by atoms with van der Waals surface area (Å²) in [5.74, 6) is 2.08. The summed E-state index contributed by atoms with van der Waals surface area (Å²) in [4.78, 5) is 9.13. The molecule has 0 saturated heterocycles. The summed E-state index contributed by atoms with van der Waals surface area (Å²) in [5, 5.41) is 0. The molecule has 0 spiro atoms. The molecule has 0 aromatic heterocycles. The molecule has 0 aromatic carbocycles. The topological polar surface area (TPSA) is 44.9 Å². The lowest BCUT2D eigenvalue weighted by Gasteiger charge is -2.42. The van der Waals surface area contributed by atoms with Crippen LogP contribution in [0.25, 0.3) is 0 Å². The smallest absolute Gasteiger partial charge is 0.191 e. The maximum absolute atomic E-state index is 6.15. The van der Waals surface area contributed by atoms with Crippen molar-refractivity contribution in [1.29, 1.82) is 0 Å². The van der Waals surface area contributed by atoms with E-state index in [9.17, 15) is 0 Å². The van der Waals surface area contributed by atoms with Gasteiger partial charge in [0.1, 0.15) is 0 Å². The van der Waals surface area contributed by atoms with Crippen LogP contribution in [0.1, 0.15) is 40.5 Å². The molecule has 0 atom stereocenters. The molecular weight excluding hydrogens is 236 g/mol. The highest BCUT2D eigenvalue weighted by Gasteiger charge is 2.42. The summed E-state index contributed by atoms with van der Waals surface area (Å²) in [6.07, 6.45) is 2.34. The Balaban J connectivity index is 2.86. The average Bonchev–Trinajstić information content (AvgIpc) is 2.51. The van der Waals surface area contributed by atoms with Gasteiger partial charge in [0, 0.05) is 13.1 Å². The third-order valence-corrected chi connectivity index (χ3v) is 3.73. The summed E-state index contributed by atoms with van der Waals surface area (Å²) in [6.45, 7) is 12.0. The van der Waals surface area contributed by atoms with Crippen molar-refractivity contribution in [2.45, 2.75) is 46.1 Å². The van der Waals surface area contributed by atoms with Gasteiger partial charge in [-0.15, -0.1) is 0 Å². The molecule has 19 heavy (non-hydrogen) atoms. The molecule has 0 amide bonds. The van der Waals surface area contributed by atoms with Crippen LogP contribution in [-0.4, -0.2) is 55.0 Å². The van der Waals surface area contributed by atoms with Gasteiger partial charge in [0.15, 0.2) is 5.96 Å². The fraction of sp³-hybridized carbons (Fsp3) is 0.933. The Morgan fingerprint density at radius 1 is 1.21 bits per heavy atom. The predicted molar refractivity (Wildman–Crippen MR) is 83.4 cm³/mol. The number of hydrogen-bond acceptors (Lipinski definition) is 4. The van der Waals surface area contributed by atoms with Gasteiger partial charge in [0.05, 0.1) is 12.1 Å². The van der Waals surface area contributed by atoms with Gasteiger partial charge < -0.3 is 15.5 Å². The SMILES string of the molecule is CC(C)CC1(CC(C)C)CN=C(N)N1CCN(C)C. The first-order valence-electron chi connectivity index (χ1n) is 7.49. The highest BCUT2D eigenvalue weighted by atomic mass is 15.4. The van der Waals surface area contributed by atoms with Gasteiger partial charge in [0.25, 0.3) is 0 Å². The number of aliphatic imine (C=N–C) groups is 1. The van der Waals surface area contributed by atoms with Crippen LogP contribution in [-0.2, 0) is 0 Å². The van der Waals surface area contributed by atoms with E-state index in [2.05, 4.69) is 56.6 Å². The van der Waals surface area contributed by atoms with E-state index in [-0.39, 0.29) is 5.54 Å². The number of nitrogens with zero attached hydrogens (tertiary/aromatic N) is 3. The maximum atomic E-state index is 6.15. The molecule has 1 heterocycles. The fourth-order valence-corrected chi connectivity index (χ4v) is 3.25. The van der Waals surface area contributed by atoms with Crippen LogP contribution in [0, 0.1) is 11.8 Å². The molecule has 4 nitrogen and oxygen atoms in total. The van der Waals surface area contributed by atoms with Crippen molar-refractivity contribution in [3.05, 3.63) is 0 Å². The van der Waals surface area contributed by atoms with Crippen molar-refractivity contribution in [2.24, 2.45) is 22.6 Å². The van der Waals surface area contributed by atoms with E-state index in [4.69, 9.17) is 5.73 Å². The summed E-state index contributed by atoms with van der Waals surface area (Å²) >= 11 is 0. The number of hydrogen-bond donors (Lipinski definition) is 1. The van der Waals surface area contributed by atoms with Crippen LogP contribution in [0.2, 0.25) is 0 Å². The Morgan fingerprint density at radius 2 is 1.74 bits per heavy atom. The van der Waals surface area contributed by atoms with Crippen LogP contribution < -0.4 is 5.73 Å². The number of guanidine groups is 1. The molecule has 0 aliphatic carbocycles. The van der Waals surface area contributed by atoms with Gasteiger partial charge in [-0.05, 0) is 38.8 Å². The molecule has 0 fully saturated rings. The molecule has 0 unspecified atom stereocenters. The summed E-state index contributed by atoms with van der Waals surface area (Å²) in [5.41, 5.74) is 6.29. The zero-order valence-corrected chi connectivity index (χ0v) is 13.6. The molecule has 112 valence electrons. The normalized spacial score (nSPS) is 18.8. The highest BCUT2D eigenvalue weighted by Crippen LogP contribution is 2.34. The van der Waals surface area contributed by atoms with Crippen molar-refractivity contribution >= 4 is 5.96 Å². The van der Waals surface area contributed by atoms with Crippen LogP contribution in [0.3, 0.4) is 0 Å². The zero-order valence-electron chi connectivity index (χ0n) is 13.6. The molecule has 0 aromatic rings. The van der Waals surface area contributed by atoms with E-state index in [1.807, 2.05) is 0 Å². The molecule has 1 aliphatic heterocycles. The summed E-state index contributed by atoms with van der Waals surface area (Å²) < 4.78 is 0. The first-order valence-corrected chi connectivity index (χ1v) is 7.49. The standard InChI is InChI=1S/C15H32N4/c1-12(2)9-15(10-13(3)4)11-17-14(16)19(15)8-7-18(5)6/h12-13H,7-11H2,1-6H3,(H2,16,17). The van der Waals surface area contributed by atoms with Crippen molar-refractivity contribution in [3.63, 3.8) is 0 Å². The Morgan fingerprint density at radius 3 is 2.16 bits per heavy atom. The largest absolute Gasteiger partial charge is 0.370 e. The van der Waals surface area contributed by atoms with Crippen LogP contribution in [0.15, 0.2) is 4.99 Å². The summed E-state index contributed by atoms with van der Waals surface area (Å²) in [6, 6.07) is 0. The van der Waals surface area contributed by atoms with Crippen LogP contribution in [0.4, 0.5) is 0 Å². The van der Waals surface area contributed by atoms with Crippen LogP contribution >= 0.6 is 0 Å². The maximum Gasteiger partial charge on any atom is 0.191 e. The van der Waals surface area contributed by atoms with E-state index in [0.29, 0.717) is 11.8 Å². The lowest BCUT2D eigenvalue weighted by atomic mass is 9.81. The third-order valence-electron chi connectivity index (χ3n) is 3.73. The van der Waals surface area contributed by atoms with E-state index in [1.165, 1.54) is 12.8 Å². The summed E-state index contributed by atoms with van der Waals surface area (Å²) in [7, 11) is 4.21. The van der Waals surface area contributed by atoms with Crippen molar-refractivity contribution in [2.75, 3.05) is 33.7 Å². The average molecular weight is 268 g/mol. The van der Waals surface area contributed by atoms with E-state index < -0.39 is 0 Å². The second-order valence-electron chi connectivity index (χ2n) is 7.05. The molecule has 0 saturated carbocycles. The van der Waals surface area contributed by atoms with Crippen LogP contribution in [0.5, 0.6) is 0 Å². The lowest BCUT2D eigenvalue weighted by molar-refractivity contribution is 0.128. The molecule has 1 aliphatic rings. The third kappa shape index (κ3) is 4.37. The van der Waals surface area contributed by atoms with E-state index >= 15 is 0 Å². The van der Waals surface area contributed by atoms with Gasteiger partial charge in [0.2, 0.25) is 0 Å². The van der Waals surface area contributed by atoms with Gasteiger partial charge >= 0.3 is 0 Å².